The zero-order valence-electron chi connectivity index (χ0n) is 9.99. The summed E-state index contributed by atoms with van der Waals surface area (Å²) >= 11 is 0. The van der Waals surface area contributed by atoms with Crippen LogP contribution in [0.15, 0.2) is 0 Å². The lowest BCUT2D eigenvalue weighted by molar-refractivity contribution is -0.160. The number of carbonyl (C=O) groups excluding carboxylic acids is 1. The summed E-state index contributed by atoms with van der Waals surface area (Å²) in [4.78, 5) is 13.7. The molecule has 4 heteroatoms. The maximum Gasteiger partial charge on any atom is 0.323 e. The minimum absolute atomic E-state index is 0.211. The number of aliphatic hydroxyl groups is 1. The highest BCUT2D eigenvalue weighted by atomic mass is 16.6. The van der Waals surface area contributed by atoms with Gasteiger partial charge in [0.05, 0.1) is 6.10 Å². The van der Waals surface area contributed by atoms with Gasteiger partial charge in [-0.25, -0.2) is 0 Å². The number of esters is 1. The summed E-state index contributed by atoms with van der Waals surface area (Å²) in [5, 5.41) is 9.37. The Hall–Kier alpha value is -0.610. The molecule has 0 aromatic rings. The summed E-state index contributed by atoms with van der Waals surface area (Å²) in [6, 6.07) is -0.263. The third kappa shape index (κ3) is 3.80. The normalized spacial score (nSPS) is 25.3. The molecule has 1 heterocycles. The molecule has 4 nitrogen and oxygen atoms in total. The average molecular weight is 215 g/mol. The van der Waals surface area contributed by atoms with Crippen molar-refractivity contribution in [3.63, 3.8) is 0 Å². The summed E-state index contributed by atoms with van der Waals surface area (Å²) in [6.45, 7) is 8.73. The van der Waals surface area contributed by atoms with Gasteiger partial charge < -0.3 is 9.84 Å². The van der Waals surface area contributed by atoms with Crippen LogP contribution >= 0.6 is 0 Å². The fourth-order valence-electron chi connectivity index (χ4n) is 1.66. The Morgan fingerprint density at radius 2 is 2.13 bits per heavy atom. The lowest BCUT2D eigenvalue weighted by atomic mass is 10.2. The van der Waals surface area contributed by atoms with Gasteiger partial charge in [0, 0.05) is 13.1 Å². The third-order valence-electron chi connectivity index (χ3n) is 2.49. The van der Waals surface area contributed by atoms with Crippen molar-refractivity contribution in [3.05, 3.63) is 0 Å². The molecule has 1 fully saturated rings. The smallest absolute Gasteiger partial charge is 0.323 e. The number of ether oxygens (including phenoxy) is 1. The van der Waals surface area contributed by atoms with Crippen LogP contribution < -0.4 is 0 Å². The van der Waals surface area contributed by atoms with Gasteiger partial charge >= 0.3 is 5.97 Å². The van der Waals surface area contributed by atoms with Crippen LogP contribution in [0.2, 0.25) is 0 Å². The maximum atomic E-state index is 11.7. The molecule has 1 aliphatic heterocycles. The first-order chi connectivity index (χ1) is 6.79. The molecule has 1 aliphatic rings. The summed E-state index contributed by atoms with van der Waals surface area (Å²) in [5.41, 5.74) is -0.441. The molecule has 1 N–H and O–H groups in total. The molecule has 1 saturated heterocycles. The molecule has 0 aromatic heterocycles. The molecule has 0 aromatic carbocycles. The van der Waals surface area contributed by atoms with Crippen molar-refractivity contribution in [1.82, 2.24) is 4.90 Å². The van der Waals surface area contributed by atoms with Crippen molar-refractivity contribution in [2.75, 3.05) is 13.1 Å². The van der Waals surface area contributed by atoms with E-state index in [0.29, 0.717) is 6.54 Å². The van der Waals surface area contributed by atoms with Gasteiger partial charge in [0.15, 0.2) is 0 Å². The average Bonchev–Trinajstić information content (AvgIpc) is 2.47. The van der Waals surface area contributed by atoms with Crippen molar-refractivity contribution in [1.29, 1.82) is 0 Å². The zero-order valence-corrected chi connectivity index (χ0v) is 9.99. The molecule has 0 bridgehead atoms. The summed E-state index contributed by atoms with van der Waals surface area (Å²) in [6.07, 6.45) is 0.447. The van der Waals surface area contributed by atoms with Gasteiger partial charge in [-0.15, -0.1) is 0 Å². The van der Waals surface area contributed by atoms with Crippen LogP contribution in [-0.4, -0.2) is 46.8 Å². The minimum Gasteiger partial charge on any atom is -0.459 e. The standard InChI is InChI=1S/C11H21NO3/c1-8(10(14)15-11(2,3)4)12-6-5-9(13)7-12/h8-9,13H,5-7H2,1-4H3/t8?,9-/m1/s1. The first-order valence-corrected chi connectivity index (χ1v) is 5.44. The summed E-state index contributed by atoms with van der Waals surface area (Å²) < 4.78 is 5.28. The van der Waals surface area contributed by atoms with Crippen molar-refractivity contribution in [3.8, 4) is 0 Å². The Morgan fingerprint density at radius 3 is 2.53 bits per heavy atom. The fourth-order valence-corrected chi connectivity index (χ4v) is 1.66. The number of hydrogen-bond donors (Lipinski definition) is 1. The molecule has 0 aliphatic carbocycles. The highest BCUT2D eigenvalue weighted by Gasteiger charge is 2.31. The summed E-state index contributed by atoms with van der Waals surface area (Å²) in [5.74, 6) is -0.211. The van der Waals surface area contributed by atoms with E-state index in [1.54, 1.807) is 0 Å². The van der Waals surface area contributed by atoms with E-state index in [9.17, 15) is 9.90 Å². The van der Waals surface area contributed by atoms with Crippen molar-refractivity contribution in [2.24, 2.45) is 0 Å². The Kier molecular flexibility index (Phi) is 3.73. The number of β-amino-alcohol motifs (C(OH)–C–C–N with tert-alkyl or cyclic N) is 1. The van der Waals surface area contributed by atoms with Crippen LogP contribution in [0.5, 0.6) is 0 Å². The molecule has 15 heavy (non-hydrogen) atoms. The highest BCUT2D eigenvalue weighted by molar-refractivity contribution is 5.75. The van der Waals surface area contributed by atoms with Gasteiger partial charge in [0.25, 0.3) is 0 Å². The number of nitrogens with zero attached hydrogens (tertiary/aromatic N) is 1. The first-order valence-electron chi connectivity index (χ1n) is 5.44. The minimum atomic E-state index is -0.441. The van der Waals surface area contributed by atoms with Crippen molar-refractivity contribution < 1.29 is 14.6 Å². The number of likely N-dealkylation sites (tertiary alicyclic amines) is 1. The Bertz CT molecular complexity index is 234. The molecule has 2 atom stereocenters. The van der Waals surface area contributed by atoms with Crippen molar-refractivity contribution >= 4 is 5.97 Å². The van der Waals surface area contributed by atoms with Gasteiger partial charge in [-0.2, -0.15) is 0 Å². The zero-order chi connectivity index (χ0) is 11.6. The van der Waals surface area contributed by atoms with Gasteiger partial charge in [0.2, 0.25) is 0 Å². The van der Waals surface area contributed by atoms with Gasteiger partial charge in [-0.3, -0.25) is 9.69 Å². The topological polar surface area (TPSA) is 49.8 Å². The molecule has 0 amide bonds. The SMILES string of the molecule is CC(C(=O)OC(C)(C)C)N1CC[C@@H](O)C1. The first kappa shape index (κ1) is 12.5. The van der Waals surface area contributed by atoms with E-state index in [4.69, 9.17) is 4.74 Å². The second-order valence-electron chi connectivity index (χ2n) is 5.15. The van der Waals surface area contributed by atoms with Crippen LogP contribution in [0.4, 0.5) is 0 Å². The lowest BCUT2D eigenvalue weighted by Crippen LogP contribution is -2.41. The van der Waals surface area contributed by atoms with Crippen LogP contribution in [0.1, 0.15) is 34.1 Å². The lowest BCUT2D eigenvalue weighted by Gasteiger charge is -2.27. The number of carbonyl (C=O) groups is 1. The molecule has 0 saturated carbocycles. The van der Waals surface area contributed by atoms with Crippen LogP contribution in [0.25, 0.3) is 0 Å². The van der Waals surface area contributed by atoms with E-state index < -0.39 is 5.60 Å². The van der Waals surface area contributed by atoms with E-state index in [0.717, 1.165) is 13.0 Å². The predicted molar refractivity (Wildman–Crippen MR) is 57.5 cm³/mol. The predicted octanol–water partition coefficient (Wildman–Crippen LogP) is 0.783. The van der Waals surface area contributed by atoms with Crippen LogP contribution in [-0.2, 0) is 9.53 Å². The quantitative estimate of drug-likeness (QED) is 0.692. The molecule has 1 rings (SSSR count). The van der Waals surface area contributed by atoms with E-state index >= 15 is 0 Å². The Balaban J connectivity index is 2.46. The second kappa shape index (κ2) is 4.49. The molecular weight excluding hydrogens is 194 g/mol. The fraction of sp³-hybridized carbons (Fsp3) is 0.909. The Morgan fingerprint density at radius 1 is 1.53 bits per heavy atom. The number of rotatable bonds is 2. The number of hydrogen-bond acceptors (Lipinski definition) is 4. The Labute approximate surface area is 91.2 Å². The van der Waals surface area contributed by atoms with Gasteiger partial charge in [-0.1, -0.05) is 0 Å². The van der Waals surface area contributed by atoms with E-state index in [1.807, 2.05) is 32.6 Å². The maximum absolute atomic E-state index is 11.7. The van der Waals surface area contributed by atoms with Gasteiger partial charge in [-0.05, 0) is 34.1 Å². The largest absolute Gasteiger partial charge is 0.459 e. The van der Waals surface area contributed by atoms with Crippen molar-refractivity contribution in [2.45, 2.75) is 51.9 Å². The number of aliphatic hydroxyl groups excluding tert-OH is 1. The van der Waals surface area contributed by atoms with E-state index in [1.165, 1.54) is 0 Å². The molecule has 0 radical (unpaired) electrons. The second-order valence-corrected chi connectivity index (χ2v) is 5.15. The van der Waals surface area contributed by atoms with Crippen LogP contribution in [0.3, 0.4) is 0 Å². The summed E-state index contributed by atoms with van der Waals surface area (Å²) in [7, 11) is 0. The molecule has 88 valence electrons. The van der Waals surface area contributed by atoms with E-state index in [-0.39, 0.29) is 18.1 Å². The van der Waals surface area contributed by atoms with E-state index in [2.05, 4.69) is 0 Å². The monoisotopic (exact) mass is 215 g/mol. The third-order valence-corrected chi connectivity index (χ3v) is 2.49. The van der Waals surface area contributed by atoms with Crippen LogP contribution in [0, 0.1) is 0 Å². The highest BCUT2D eigenvalue weighted by Crippen LogP contribution is 2.16. The molecule has 0 spiro atoms. The molecule has 1 unspecified atom stereocenters. The molecular formula is C11H21NO3. The van der Waals surface area contributed by atoms with Gasteiger partial charge in [0.1, 0.15) is 11.6 Å².